The molecule has 0 bridgehead atoms. The van der Waals surface area contributed by atoms with Crippen LogP contribution in [0.3, 0.4) is 0 Å². The SMILES string of the molecule is C=CCN(N)CCC(O)CC. The fraction of sp³-hybridized carbons (Fsp3) is 0.750. The second-order valence-electron chi connectivity index (χ2n) is 2.63. The van der Waals surface area contributed by atoms with Gasteiger partial charge in [-0.15, -0.1) is 6.58 Å². The van der Waals surface area contributed by atoms with Crippen molar-refractivity contribution in [3.63, 3.8) is 0 Å². The minimum Gasteiger partial charge on any atom is -0.393 e. The maximum atomic E-state index is 9.17. The van der Waals surface area contributed by atoms with E-state index >= 15 is 0 Å². The van der Waals surface area contributed by atoms with Crippen molar-refractivity contribution in [2.24, 2.45) is 5.84 Å². The molecule has 66 valence electrons. The van der Waals surface area contributed by atoms with Crippen molar-refractivity contribution in [2.45, 2.75) is 25.9 Å². The molecule has 0 heterocycles. The Morgan fingerprint density at radius 1 is 1.73 bits per heavy atom. The molecule has 3 nitrogen and oxygen atoms in total. The van der Waals surface area contributed by atoms with Crippen LogP contribution in [0, 0.1) is 0 Å². The van der Waals surface area contributed by atoms with Crippen LogP contribution in [0.1, 0.15) is 19.8 Å². The van der Waals surface area contributed by atoms with Crippen molar-refractivity contribution in [1.82, 2.24) is 5.01 Å². The molecule has 0 aromatic heterocycles. The summed E-state index contributed by atoms with van der Waals surface area (Å²) in [6.07, 6.45) is 3.06. The highest BCUT2D eigenvalue weighted by atomic mass is 16.3. The number of aliphatic hydroxyl groups excluding tert-OH is 1. The molecule has 3 N–H and O–H groups in total. The number of hydrogen-bond acceptors (Lipinski definition) is 3. The van der Waals surface area contributed by atoms with Crippen molar-refractivity contribution < 1.29 is 5.11 Å². The van der Waals surface area contributed by atoms with Gasteiger partial charge in [0, 0.05) is 13.1 Å². The van der Waals surface area contributed by atoms with Gasteiger partial charge >= 0.3 is 0 Å². The van der Waals surface area contributed by atoms with Gasteiger partial charge in [0.25, 0.3) is 0 Å². The first-order valence-electron chi connectivity index (χ1n) is 3.99. The minimum atomic E-state index is -0.217. The van der Waals surface area contributed by atoms with E-state index in [4.69, 9.17) is 10.9 Å². The number of hydrazine groups is 1. The molecule has 0 saturated heterocycles. The van der Waals surface area contributed by atoms with Gasteiger partial charge in [-0.3, -0.25) is 5.84 Å². The first kappa shape index (κ1) is 10.6. The molecule has 0 spiro atoms. The first-order valence-corrected chi connectivity index (χ1v) is 3.99. The Balaban J connectivity index is 3.29. The third-order valence-electron chi connectivity index (χ3n) is 1.58. The number of rotatable bonds is 6. The second-order valence-corrected chi connectivity index (χ2v) is 2.63. The summed E-state index contributed by atoms with van der Waals surface area (Å²) in [5.74, 6) is 5.54. The molecular formula is C8H18N2O. The number of aliphatic hydroxyl groups is 1. The van der Waals surface area contributed by atoms with E-state index in [1.807, 2.05) is 6.92 Å². The first-order chi connectivity index (χ1) is 5.20. The molecule has 1 atom stereocenters. The van der Waals surface area contributed by atoms with E-state index in [2.05, 4.69) is 6.58 Å². The minimum absolute atomic E-state index is 0.217. The summed E-state index contributed by atoms with van der Waals surface area (Å²) < 4.78 is 0. The molecule has 0 fully saturated rings. The summed E-state index contributed by atoms with van der Waals surface area (Å²) >= 11 is 0. The zero-order valence-electron chi connectivity index (χ0n) is 7.16. The van der Waals surface area contributed by atoms with E-state index in [1.165, 1.54) is 0 Å². The zero-order chi connectivity index (χ0) is 8.69. The molecule has 0 radical (unpaired) electrons. The monoisotopic (exact) mass is 158 g/mol. The summed E-state index contributed by atoms with van der Waals surface area (Å²) in [5.41, 5.74) is 0. The van der Waals surface area contributed by atoms with Crippen LogP contribution in [0.5, 0.6) is 0 Å². The predicted molar refractivity (Wildman–Crippen MR) is 46.9 cm³/mol. The summed E-state index contributed by atoms with van der Waals surface area (Å²) in [4.78, 5) is 0. The number of hydrogen-bond donors (Lipinski definition) is 2. The zero-order valence-corrected chi connectivity index (χ0v) is 7.16. The van der Waals surface area contributed by atoms with Crippen LogP contribution < -0.4 is 5.84 Å². The van der Waals surface area contributed by atoms with Gasteiger partial charge in [-0.1, -0.05) is 13.0 Å². The van der Waals surface area contributed by atoms with E-state index in [-0.39, 0.29) is 6.10 Å². The Kier molecular flexibility index (Phi) is 6.12. The van der Waals surface area contributed by atoms with Gasteiger partial charge in [-0.05, 0) is 12.8 Å². The molecular weight excluding hydrogens is 140 g/mol. The van der Waals surface area contributed by atoms with E-state index in [0.29, 0.717) is 6.54 Å². The van der Waals surface area contributed by atoms with Crippen molar-refractivity contribution in [2.75, 3.05) is 13.1 Å². The molecule has 0 aliphatic heterocycles. The normalized spacial score (nSPS) is 13.5. The van der Waals surface area contributed by atoms with Gasteiger partial charge in [0.1, 0.15) is 0 Å². The molecule has 3 heteroatoms. The summed E-state index contributed by atoms with van der Waals surface area (Å²) in [5, 5.41) is 10.8. The highest BCUT2D eigenvalue weighted by Crippen LogP contribution is 1.96. The van der Waals surface area contributed by atoms with Gasteiger partial charge in [0.05, 0.1) is 6.10 Å². The van der Waals surface area contributed by atoms with Crippen LogP contribution in [-0.4, -0.2) is 29.3 Å². The van der Waals surface area contributed by atoms with Gasteiger partial charge in [-0.2, -0.15) is 0 Å². The van der Waals surface area contributed by atoms with Crippen molar-refractivity contribution >= 4 is 0 Å². The molecule has 1 unspecified atom stereocenters. The summed E-state index contributed by atoms with van der Waals surface area (Å²) in [6.45, 7) is 6.92. The summed E-state index contributed by atoms with van der Waals surface area (Å²) in [7, 11) is 0. The lowest BCUT2D eigenvalue weighted by Gasteiger charge is -2.15. The lowest BCUT2D eigenvalue weighted by molar-refractivity contribution is 0.140. The smallest absolute Gasteiger partial charge is 0.0550 e. The maximum Gasteiger partial charge on any atom is 0.0550 e. The van der Waals surface area contributed by atoms with Gasteiger partial charge < -0.3 is 5.11 Å². The van der Waals surface area contributed by atoms with Crippen LogP contribution in [-0.2, 0) is 0 Å². The van der Waals surface area contributed by atoms with Crippen molar-refractivity contribution in [3.8, 4) is 0 Å². The Hall–Kier alpha value is -0.380. The highest BCUT2D eigenvalue weighted by Gasteiger charge is 2.02. The van der Waals surface area contributed by atoms with Gasteiger partial charge in [0.15, 0.2) is 0 Å². The van der Waals surface area contributed by atoms with Crippen LogP contribution in [0.2, 0.25) is 0 Å². The molecule has 0 aliphatic rings. The van der Waals surface area contributed by atoms with Gasteiger partial charge in [0.2, 0.25) is 0 Å². The van der Waals surface area contributed by atoms with E-state index in [0.717, 1.165) is 19.4 Å². The lowest BCUT2D eigenvalue weighted by Crippen LogP contribution is -2.33. The Morgan fingerprint density at radius 3 is 2.82 bits per heavy atom. The molecule has 11 heavy (non-hydrogen) atoms. The van der Waals surface area contributed by atoms with E-state index in [1.54, 1.807) is 11.1 Å². The Labute approximate surface area is 68.5 Å². The highest BCUT2D eigenvalue weighted by molar-refractivity contribution is 4.70. The summed E-state index contributed by atoms with van der Waals surface area (Å²) in [6, 6.07) is 0. The Morgan fingerprint density at radius 2 is 2.36 bits per heavy atom. The predicted octanol–water partition coefficient (Wildman–Crippen LogP) is 0.509. The van der Waals surface area contributed by atoms with E-state index in [9.17, 15) is 0 Å². The van der Waals surface area contributed by atoms with Crippen LogP contribution in [0.25, 0.3) is 0 Å². The fourth-order valence-corrected chi connectivity index (χ4v) is 0.776. The molecule has 0 amide bonds. The number of nitrogens with zero attached hydrogens (tertiary/aromatic N) is 1. The Bertz CT molecular complexity index is 106. The van der Waals surface area contributed by atoms with Crippen LogP contribution >= 0.6 is 0 Å². The van der Waals surface area contributed by atoms with Crippen molar-refractivity contribution in [3.05, 3.63) is 12.7 Å². The van der Waals surface area contributed by atoms with Crippen molar-refractivity contribution in [1.29, 1.82) is 0 Å². The van der Waals surface area contributed by atoms with Crippen LogP contribution in [0.4, 0.5) is 0 Å². The van der Waals surface area contributed by atoms with Gasteiger partial charge in [-0.25, -0.2) is 5.01 Å². The third kappa shape index (κ3) is 6.04. The fourth-order valence-electron chi connectivity index (χ4n) is 0.776. The lowest BCUT2D eigenvalue weighted by atomic mass is 10.2. The average molecular weight is 158 g/mol. The standard InChI is InChI=1S/C8H18N2O/c1-3-6-10(9)7-5-8(11)4-2/h3,8,11H,1,4-7,9H2,2H3. The second kappa shape index (κ2) is 6.34. The third-order valence-corrected chi connectivity index (χ3v) is 1.58. The molecule has 0 aromatic carbocycles. The average Bonchev–Trinajstić information content (AvgIpc) is 2.01. The maximum absolute atomic E-state index is 9.17. The molecule has 0 rings (SSSR count). The molecule has 0 saturated carbocycles. The topological polar surface area (TPSA) is 49.5 Å². The molecule has 0 aromatic rings. The van der Waals surface area contributed by atoms with Crippen LogP contribution in [0.15, 0.2) is 12.7 Å². The molecule has 0 aliphatic carbocycles. The van der Waals surface area contributed by atoms with E-state index < -0.39 is 0 Å². The quantitative estimate of drug-likeness (QED) is 0.336. The largest absolute Gasteiger partial charge is 0.393 e. The number of nitrogens with two attached hydrogens (primary N) is 1.